The maximum Gasteiger partial charge on any atom is 0.243 e. The Kier molecular flexibility index (Phi) is 5.84. The number of benzene rings is 1. The van der Waals surface area contributed by atoms with Gasteiger partial charge in [-0.15, -0.1) is 0 Å². The van der Waals surface area contributed by atoms with E-state index in [-0.39, 0.29) is 23.5 Å². The first-order chi connectivity index (χ1) is 9.82. The first-order valence-corrected chi connectivity index (χ1v) is 7.53. The number of hydrogen-bond donors (Lipinski definition) is 2. The molecular formula is C13H16FN3O3S. The largest absolute Gasteiger partial charge is 0.369 e. The van der Waals surface area contributed by atoms with E-state index in [1.807, 2.05) is 0 Å². The fourth-order valence-corrected chi connectivity index (χ4v) is 3.02. The van der Waals surface area contributed by atoms with Gasteiger partial charge in [0, 0.05) is 6.54 Å². The molecule has 0 bridgehead atoms. The van der Waals surface area contributed by atoms with Gasteiger partial charge in [-0.2, -0.15) is 4.31 Å². The van der Waals surface area contributed by atoms with Crippen LogP contribution in [0.2, 0.25) is 0 Å². The zero-order valence-electron chi connectivity index (χ0n) is 11.5. The molecule has 1 aromatic rings. The highest BCUT2D eigenvalue weighted by atomic mass is 32.2. The van der Waals surface area contributed by atoms with Crippen LogP contribution in [0.4, 0.5) is 4.39 Å². The van der Waals surface area contributed by atoms with Crippen molar-refractivity contribution in [2.24, 2.45) is 11.5 Å². The fourth-order valence-electron chi connectivity index (χ4n) is 1.59. The van der Waals surface area contributed by atoms with Gasteiger partial charge >= 0.3 is 0 Å². The van der Waals surface area contributed by atoms with Crippen molar-refractivity contribution in [3.8, 4) is 11.8 Å². The van der Waals surface area contributed by atoms with Gasteiger partial charge in [-0.25, -0.2) is 12.8 Å². The molecule has 114 valence electrons. The predicted octanol–water partition coefficient (Wildman–Crippen LogP) is -0.368. The number of nitrogens with zero attached hydrogens (tertiary/aromatic N) is 1. The molecule has 1 amide bonds. The molecule has 0 saturated carbocycles. The predicted molar refractivity (Wildman–Crippen MR) is 76.0 cm³/mol. The summed E-state index contributed by atoms with van der Waals surface area (Å²) >= 11 is 0. The van der Waals surface area contributed by atoms with Crippen molar-refractivity contribution in [2.45, 2.75) is 11.8 Å². The molecule has 0 radical (unpaired) electrons. The number of hydrogen-bond acceptors (Lipinski definition) is 4. The van der Waals surface area contributed by atoms with Crippen LogP contribution in [0.25, 0.3) is 0 Å². The number of rotatable bonds is 5. The number of carbonyl (C=O) groups excluding carboxylic acids is 1. The van der Waals surface area contributed by atoms with Crippen LogP contribution in [0, 0.1) is 17.7 Å². The summed E-state index contributed by atoms with van der Waals surface area (Å²) in [6.45, 7) is 1.20. The van der Waals surface area contributed by atoms with E-state index in [9.17, 15) is 17.6 Å². The fraction of sp³-hybridized carbons (Fsp3) is 0.308. The van der Waals surface area contributed by atoms with E-state index >= 15 is 0 Å². The van der Waals surface area contributed by atoms with Gasteiger partial charge in [0.1, 0.15) is 5.82 Å². The first kappa shape index (κ1) is 17.1. The van der Waals surface area contributed by atoms with Crippen LogP contribution in [0.15, 0.2) is 23.1 Å². The Morgan fingerprint density at radius 3 is 2.57 bits per heavy atom. The number of nitrogens with two attached hydrogens (primary N) is 2. The number of carbonyl (C=O) groups is 1. The second kappa shape index (κ2) is 7.17. The van der Waals surface area contributed by atoms with E-state index in [1.54, 1.807) is 6.92 Å². The van der Waals surface area contributed by atoms with Crippen molar-refractivity contribution in [2.75, 3.05) is 19.6 Å². The summed E-state index contributed by atoms with van der Waals surface area (Å²) in [6.07, 6.45) is 0. The summed E-state index contributed by atoms with van der Waals surface area (Å²) < 4.78 is 39.2. The number of primary amides is 1. The number of halogens is 1. The van der Waals surface area contributed by atoms with Gasteiger partial charge in [0.05, 0.1) is 23.5 Å². The molecular weight excluding hydrogens is 297 g/mol. The lowest BCUT2D eigenvalue weighted by atomic mass is 10.2. The molecule has 6 nitrogen and oxygen atoms in total. The summed E-state index contributed by atoms with van der Waals surface area (Å²) in [7, 11) is -3.99. The molecule has 0 heterocycles. The molecule has 0 aliphatic carbocycles. The van der Waals surface area contributed by atoms with Crippen LogP contribution in [-0.4, -0.2) is 38.3 Å². The molecule has 0 atom stereocenters. The highest BCUT2D eigenvalue weighted by Gasteiger charge is 2.25. The van der Waals surface area contributed by atoms with Crippen molar-refractivity contribution in [1.82, 2.24) is 4.31 Å². The molecule has 0 fully saturated rings. The van der Waals surface area contributed by atoms with E-state index in [2.05, 4.69) is 11.8 Å². The SMILES string of the molecule is CCN(CC(N)=O)S(=O)(=O)c1ccc(C#CCN)c(F)c1. The Balaban J connectivity index is 3.20. The monoisotopic (exact) mass is 313 g/mol. The molecule has 21 heavy (non-hydrogen) atoms. The number of amides is 1. The van der Waals surface area contributed by atoms with E-state index in [0.29, 0.717) is 0 Å². The zero-order valence-corrected chi connectivity index (χ0v) is 12.3. The molecule has 1 aromatic carbocycles. The second-order valence-electron chi connectivity index (χ2n) is 4.05. The average Bonchev–Trinajstić information content (AvgIpc) is 2.42. The molecule has 0 unspecified atom stereocenters. The molecule has 1 rings (SSSR count). The Morgan fingerprint density at radius 2 is 2.10 bits per heavy atom. The highest BCUT2D eigenvalue weighted by molar-refractivity contribution is 7.89. The summed E-state index contributed by atoms with van der Waals surface area (Å²) in [4.78, 5) is 10.6. The lowest BCUT2D eigenvalue weighted by Gasteiger charge is -2.18. The van der Waals surface area contributed by atoms with Gasteiger partial charge in [-0.05, 0) is 18.2 Å². The summed E-state index contributed by atoms with van der Waals surface area (Å²) in [5.74, 6) is 3.42. The topological polar surface area (TPSA) is 106 Å². The molecule has 0 aliphatic heterocycles. The quantitative estimate of drug-likeness (QED) is 0.723. The molecule has 0 saturated heterocycles. The normalized spacial score (nSPS) is 11.0. The third-order valence-electron chi connectivity index (χ3n) is 2.59. The molecule has 0 aliphatic rings. The van der Waals surface area contributed by atoms with Crippen molar-refractivity contribution < 1.29 is 17.6 Å². The third-order valence-corrected chi connectivity index (χ3v) is 4.51. The summed E-state index contributed by atoms with van der Waals surface area (Å²) in [5, 5.41) is 0. The molecule has 8 heteroatoms. The van der Waals surface area contributed by atoms with Crippen LogP contribution >= 0.6 is 0 Å². The Hall–Kier alpha value is -1.95. The highest BCUT2D eigenvalue weighted by Crippen LogP contribution is 2.18. The van der Waals surface area contributed by atoms with E-state index in [0.717, 1.165) is 10.4 Å². The van der Waals surface area contributed by atoms with Crippen molar-refractivity contribution >= 4 is 15.9 Å². The first-order valence-electron chi connectivity index (χ1n) is 6.09. The Bertz CT molecular complexity index is 692. The second-order valence-corrected chi connectivity index (χ2v) is 5.98. The van der Waals surface area contributed by atoms with Gasteiger partial charge < -0.3 is 11.5 Å². The maximum absolute atomic E-state index is 13.8. The van der Waals surface area contributed by atoms with Gasteiger partial charge in [-0.1, -0.05) is 18.8 Å². The summed E-state index contributed by atoms with van der Waals surface area (Å²) in [6, 6.07) is 3.34. The van der Waals surface area contributed by atoms with E-state index in [1.165, 1.54) is 12.1 Å². The van der Waals surface area contributed by atoms with Gasteiger partial charge in [-0.3, -0.25) is 4.79 Å². The lowest BCUT2D eigenvalue weighted by molar-refractivity contribution is -0.118. The van der Waals surface area contributed by atoms with Gasteiger partial charge in [0.2, 0.25) is 15.9 Å². The van der Waals surface area contributed by atoms with Crippen LogP contribution < -0.4 is 11.5 Å². The zero-order chi connectivity index (χ0) is 16.0. The average molecular weight is 313 g/mol. The smallest absolute Gasteiger partial charge is 0.243 e. The van der Waals surface area contributed by atoms with Crippen molar-refractivity contribution in [1.29, 1.82) is 0 Å². The van der Waals surface area contributed by atoms with Crippen LogP contribution in [0.3, 0.4) is 0 Å². The van der Waals surface area contributed by atoms with Crippen molar-refractivity contribution in [3.05, 3.63) is 29.6 Å². The van der Waals surface area contributed by atoms with E-state index < -0.39 is 28.3 Å². The van der Waals surface area contributed by atoms with Gasteiger partial charge in [0.15, 0.2) is 0 Å². The number of likely N-dealkylation sites (N-methyl/N-ethyl adjacent to an activating group) is 1. The van der Waals surface area contributed by atoms with Gasteiger partial charge in [0.25, 0.3) is 0 Å². The van der Waals surface area contributed by atoms with Crippen molar-refractivity contribution in [3.63, 3.8) is 0 Å². The lowest BCUT2D eigenvalue weighted by Crippen LogP contribution is -2.38. The molecule has 0 aromatic heterocycles. The summed E-state index contributed by atoms with van der Waals surface area (Å²) in [5.41, 5.74) is 10.2. The molecule has 4 N–H and O–H groups in total. The Labute approximate surface area is 123 Å². The van der Waals surface area contributed by atoms with Crippen LogP contribution in [0.1, 0.15) is 12.5 Å². The Morgan fingerprint density at radius 1 is 1.43 bits per heavy atom. The minimum Gasteiger partial charge on any atom is -0.369 e. The number of sulfonamides is 1. The maximum atomic E-state index is 13.8. The van der Waals surface area contributed by atoms with Crippen LogP contribution in [-0.2, 0) is 14.8 Å². The minimum absolute atomic E-state index is 0.0433. The minimum atomic E-state index is -3.99. The third kappa shape index (κ3) is 4.26. The molecule has 0 spiro atoms. The van der Waals surface area contributed by atoms with Crippen LogP contribution in [0.5, 0.6) is 0 Å². The van der Waals surface area contributed by atoms with E-state index in [4.69, 9.17) is 11.5 Å². The standard InChI is InChI=1S/C13H16FN3O3S/c1-2-17(9-13(16)18)21(19,20)11-6-5-10(4-3-7-15)12(14)8-11/h5-6,8H,2,7,9,15H2,1H3,(H2,16,18).